The van der Waals surface area contributed by atoms with E-state index in [9.17, 15) is 14.4 Å². The third-order valence-electron chi connectivity index (χ3n) is 7.17. The molecule has 0 aromatic heterocycles. The van der Waals surface area contributed by atoms with Crippen molar-refractivity contribution in [2.75, 3.05) is 26.2 Å². The van der Waals surface area contributed by atoms with Gasteiger partial charge in [-0.3, -0.25) is 9.59 Å². The van der Waals surface area contributed by atoms with Crippen molar-refractivity contribution in [3.63, 3.8) is 0 Å². The molecule has 186 valence electrons. The van der Waals surface area contributed by atoms with Crippen molar-refractivity contribution in [1.82, 2.24) is 10.2 Å². The molecule has 0 spiro atoms. The Labute approximate surface area is 206 Å². The van der Waals surface area contributed by atoms with Crippen LogP contribution in [0.5, 0.6) is 0 Å². The number of carboxylic acids is 1. The van der Waals surface area contributed by atoms with Gasteiger partial charge < -0.3 is 20.1 Å². The second-order valence-electron chi connectivity index (χ2n) is 10.3. The molecule has 2 aliphatic rings. The van der Waals surface area contributed by atoms with Crippen LogP contribution in [-0.2, 0) is 14.3 Å². The monoisotopic (exact) mass is 478 g/mol. The van der Waals surface area contributed by atoms with Crippen molar-refractivity contribution in [1.29, 1.82) is 0 Å². The molecule has 2 aromatic rings. The number of fused-ring (bicyclic) bond motifs is 3. The number of nitrogens with one attached hydrogen (secondary N) is 1. The number of carbonyl (C=O) groups excluding carboxylic acids is 2. The van der Waals surface area contributed by atoms with Crippen LogP contribution in [0.4, 0.5) is 4.79 Å². The Morgan fingerprint density at radius 3 is 2.31 bits per heavy atom. The first-order valence-electron chi connectivity index (χ1n) is 12.4. The molecule has 2 amide bonds. The third kappa shape index (κ3) is 5.66. The van der Waals surface area contributed by atoms with Gasteiger partial charge in [0.2, 0.25) is 5.91 Å². The molecule has 0 radical (unpaired) electrons. The molecule has 1 aliphatic heterocycles. The van der Waals surface area contributed by atoms with Crippen LogP contribution in [0.15, 0.2) is 48.5 Å². The molecule has 0 saturated carbocycles. The van der Waals surface area contributed by atoms with E-state index in [4.69, 9.17) is 9.84 Å². The highest BCUT2D eigenvalue weighted by Gasteiger charge is 2.35. The number of hydrogen-bond donors (Lipinski definition) is 2. The van der Waals surface area contributed by atoms with Crippen LogP contribution in [0.25, 0.3) is 11.1 Å². The first-order chi connectivity index (χ1) is 16.8. The highest BCUT2D eigenvalue weighted by Crippen LogP contribution is 2.44. The van der Waals surface area contributed by atoms with Crippen molar-refractivity contribution in [2.45, 2.75) is 45.4 Å². The lowest BCUT2D eigenvalue weighted by molar-refractivity contribution is -0.142. The summed E-state index contributed by atoms with van der Waals surface area (Å²) in [4.78, 5) is 38.4. The van der Waals surface area contributed by atoms with Gasteiger partial charge in [-0.05, 0) is 61.3 Å². The molecule has 7 heteroatoms. The van der Waals surface area contributed by atoms with Crippen molar-refractivity contribution >= 4 is 18.0 Å². The molecule has 1 fully saturated rings. The van der Waals surface area contributed by atoms with Crippen LogP contribution in [0.2, 0.25) is 0 Å². The summed E-state index contributed by atoms with van der Waals surface area (Å²) >= 11 is 0. The topological polar surface area (TPSA) is 95.9 Å². The summed E-state index contributed by atoms with van der Waals surface area (Å²) in [7, 11) is 0. The van der Waals surface area contributed by atoms with Crippen LogP contribution in [0.1, 0.15) is 56.6 Å². The minimum absolute atomic E-state index is 0.0149. The maximum atomic E-state index is 13.2. The number of piperidine rings is 1. The number of carboxylic acid groups (broad SMARTS) is 1. The van der Waals surface area contributed by atoms with Crippen molar-refractivity contribution in [3.8, 4) is 11.1 Å². The Bertz CT molecular complexity index is 1050. The minimum atomic E-state index is -0.805. The van der Waals surface area contributed by atoms with Gasteiger partial charge in [-0.2, -0.15) is 0 Å². The van der Waals surface area contributed by atoms with Crippen LogP contribution in [0.3, 0.4) is 0 Å². The number of likely N-dealkylation sites (tertiary alicyclic amines) is 1. The Hall–Kier alpha value is -3.35. The van der Waals surface area contributed by atoms with Gasteiger partial charge >= 0.3 is 12.1 Å². The van der Waals surface area contributed by atoms with E-state index in [1.165, 1.54) is 11.1 Å². The Morgan fingerprint density at radius 2 is 1.69 bits per heavy atom. The molecule has 0 bridgehead atoms. The van der Waals surface area contributed by atoms with E-state index in [0.29, 0.717) is 19.5 Å². The normalized spacial score (nSPS) is 17.4. The second kappa shape index (κ2) is 10.5. The lowest BCUT2D eigenvalue weighted by atomic mass is 9.88. The Morgan fingerprint density at radius 1 is 1.06 bits per heavy atom. The highest BCUT2D eigenvalue weighted by atomic mass is 16.5. The lowest BCUT2D eigenvalue weighted by Crippen LogP contribution is -2.50. The number of aliphatic carboxylic acids is 1. The highest BCUT2D eigenvalue weighted by molar-refractivity contribution is 5.83. The molecule has 1 saturated heterocycles. The summed E-state index contributed by atoms with van der Waals surface area (Å²) in [5.41, 5.74) is 3.86. The smallest absolute Gasteiger partial charge is 0.407 e. The zero-order valence-electron chi connectivity index (χ0n) is 20.5. The van der Waals surface area contributed by atoms with Crippen LogP contribution >= 0.6 is 0 Å². The minimum Gasteiger partial charge on any atom is -0.481 e. The number of alkyl carbamates (subject to hydrolysis) is 1. The van der Waals surface area contributed by atoms with Crippen molar-refractivity contribution in [3.05, 3.63) is 59.7 Å². The predicted molar refractivity (Wildman–Crippen MR) is 133 cm³/mol. The molecule has 2 aromatic carbocycles. The Kier molecular flexibility index (Phi) is 7.43. The third-order valence-corrected chi connectivity index (χ3v) is 7.17. The molecule has 4 rings (SSSR count). The molecule has 1 aliphatic carbocycles. The predicted octanol–water partition coefficient (Wildman–Crippen LogP) is 4.65. The molecule has 7 nitrogen and oxygen atoms in total. The van der Waals surface area contributed by atoms with E-state index < -0.39 is 17.5 Å². The lowest BCUT2D eigenvalue weighted by Gasteiger charge is -2.37. The zero-order chi connectivity index (χ0) is 25.0. The van der Waals surface area contributed by atoms with Crippen LogP contribution in [-0.4, -0.2) is 54.2 Å². The van der Waals surface area contributed by atoms with Gasteiger partial charge in [-0.1, -0.05) is 48.5 Å². The second-order valence-corrected chi connectivity index (χ2v) is 10.3. The fourth-order valence-corrected chi connectivity index (χ4v) is 5.26. The maximum Gasteiger partial charge on any atom is 0.407 e. The largest absolute Gasteiger partial charge is 0.481 e. The van der Waals surface area contributed by atoms with Gasteiger partial charge in [0, 0.05) is 32.0 Å². The summed E-state index contributed by atoms with van der Waals surface area (Å²) in [5, 5.41) is 11.7. The summed E-state index contributed by atoms with van der Waals surface area (Å²) in [6.07, 6.45) is 1.98. The number of amides is 2. The standard InChI is InChI=1S/C28H34N2O5/c1-28(2,26(33)30-15-7-8-19(16-30)13-14-25(31)32)18-29-27(34)35-17-24-22-11-5-3-9-20(22)21-10-4-6-12-23(21)24/h3-6,9-12,19,24H,7-8,13-18H2,1-2H3,(H,29,34)(H,31,32). The number of rotatable bonds is 8. The van der Waals surface area contributed by atoms with E-state index in [1.807, 2.05) is 43.0 Å². The summed E-state index contributed by atoms with van der Waals surface area (Å²) in [6, 6.07) is 16.4. The van der Waals surface area contributed by atoms with E-state index in [1.54, 1.807) is 0 Å². The fourth-order valence-electron chi connectivity index (χ4n) is 5.26. The molecule has 1 unspecified atom stereocenters. The quantitative estimate of drug-likeness (QED) is 0.576. The molecule has 1 atom stereocenters. The van der Waals surface area contributed by atoms with E-state index in [2.05, 4.69) is 29.6 Å². The van der Waals surface area contributed by atoms with Crippen molar-refractivity contribution < 1.29 is 24.2 Å². The van der Waals surface area contributed by atoms with Gasteiger partial charge in [-0.25, -0.2) is 4.79 Å². The van der Waals surface area contributed by atoms with Crippen LogP contribution < -0.4 is 5.32 Å². The summed E-state index contributed by atoms with van der Waals surface area (Å²) in [6.45, 7) is 5.27. The van der Waals surface area contributed by atoms with E-state index in [0.717, 1.165) is 24.0 Å². The summed E-state index contributed by atoms with van der Waals surface area (Å²) in [5.74, 6) is -0.647. The van der Waals surface area contributed by atoms with Crippen LogP contribution in [0, 0.1) is 11.3 Å². The SMILES string of the molecule is CC(C)(CNC(=O)OCC1c2ccccc2-c2ccccc21)C(=O)N1CCCC(CCC(=O)O)C1. The fraction of sp³-hybridized carbons (Fsp3) is 0.464. The van der Waals surface area contributed by atoms with Gasteiger partial charge in [0.05, 0.1) is 5.41 Å². The first-order valence-corrected chi connectivity index (χ1v) is 12.4. The van der Waals surface area contributed by atoms with Crippen molar-refractivity contribution in [2.24, 2.45) is 11.3 Å². The Balaban J connectivity index is 1.30. The number of hydrogen-bond acceptors (Lipinski definition) is 4. The average Bonchev–Trinajstić information content (AvgIpc) is 3.18. The molecule has 1 heterocycles. The van der Waals surface area contributed by atoms with Gasteiger partial charge in [0.25, 0.3) is 0 Å². The molecular weight excluding hydrogens is 444 g/mol. The number of ether oxygens (including phenoxy) is 1. The molecule has 2 N–H and O–H groups in total. The van der Waals surface area contributed by atoms with E-state index >= 15 is 0 Å². The van der Waals surface area contributed by atoms with Gasteiger partial charge in [0.15, 0.2) is 0 Å². The summed E-state index contributed by atoms with van der Waals surface area (Å²) < 4.78 is 5.60. The maximum absolute atomic E-state index is 13.2. The van der Waals surface area contributed by atoms with Gasteiger partial charge in [0.1, 0.15) is 6.61 Å². The molecule has 35 heavy (non-hydrogen) atoms. The number of benzene rings is 2. The molecular formula is C28H34N2O5. The van der Waals surface area contributed by atoms with Gasteiger partial charge in [-0.15, -0.1) is 0 Å². The number of nitrogens with zero attached hydrogens (tertiary/aromatic N) is 1. The average molecular weight is 479 g/mol. The zero-order valence-corrected chi connectivity index (χ0v) is 20.5. The van der Waals surface area contributed by atoms with E-state index in [-0.39, 0.29) is 37.3 Å². The number of carbonyl (C=O) groups is 3. The first kappa shape index (κ1) is 24.8.